The molecule has 1 aromatic carbocycles. The van der Waals surface area contributed by atoms with Crippen LogP contribution in [0.5, 0.6) is 0 Å². The second-order valence-corrected chi connectivity index (χ2v) is 5.01. The number of anilines is 1. The second-order valence-electron chi connectivity index (χ2n) is 5.01. The number of aliphatic hydroxyl groups excluding tert-OH is 1. The minimum Gasteiger partial charge on any atom is -0.389 e. The van der Waals surface area contributed by atoms with Gasteiger partial charge in [-0.05, 0) is 31.0 Å². The van der Waals surface area contributed by atoms with Crippen molar-refractivity contribution in [3.05, 3.63) is 29.8 Å². The van der Waals surface area contributed by atoms with E-state index in [1.54, 1.807) is 6.92 Å². The van der Waals surface area contributed by atoms with Gasteiger partial charge < -0.3 is 10.4 Å². The lowest BCUT2D eigenvalue weighted by molar-refractivity contribution is -0.116. The molecule has 1 atom stereocenters. The molecule has 0 saturated heterocycles. The number of carbonyl (C=O) groups excluding carboxylic acids is 1. The quantitative estimate of drug-likeness (QED) is 0.695. The lowest BCUT2D eigenvalue weighted by Gasteiger charge is -2.09. The molecule has 0 aliphatic heterocycles. The van der Waals surface area contributed by atoms with Crippen molar-refractivity contribution >= 4 is 11.6 Å². The largest absolute Gasteiger partial charge is 0.389 e. The Morgan fingerprint density at radius 2 is 2.00 bits per heavy atom. The molecule has 0 aliphatic rings. The highest BCUT2D eigenvalue weighted by Crippen LogP contribution is 2.17. The minimum absolute atomic E-state index is 0.0549. The molecule has 0 heterocycles. The number of unbranched alkanes of at least 4 members (excludes halogenated alkanes) is 4. The van der Waals surface area contributed by atoms with Gasteiger partial charge in [-0.1, -0.05) is 44.7 Å². The average Bonchev–Trinajstić information content (AvgIpc) is 2.38. The summed E-state index contributed by atoms with van der Waals surface area (Å²) in [5.41, 5.74) is 1.58. The molecule has 0 fully saturated rings. The summed E-state index contributed by atoms with van der Waals surface area (Å²) < 4.78 is 0. The molecule has 19 heavy (non-hydrogen) atoms. The van der Waals surface area contributed by atoms with Gasteiger partial charge in [-0.15, -0.1) is 0 Å². The average molecular weight is 263 g/mol. The van der Waals surface area contributed by atoms with Gasteiger partial charge in [-0.3, -0.25) is 4.79 Å². The van der Waals surface area contributed by atoms with Crippen LogP contribution < -0.4 is 5.32 Å². The summed E-state index contributed by atoms with van der Waals surface area (Å²) in [7, 11) is 0. The molecule has 1 rings (SSSR count). The first kappa shape index (κ1) is 15.7. The van der Waals surface area contributed by atoms with Gasteiger partial charge in [-0.25, -0.2) is 0 Å². The van der Waals surface area contributed by atoms with Gasteiger partial charge >= 0.3 is 0 Å². The number of nitrogens with one attached hydrogen (secondary N) is 1. The van der Waals surface area contributed by atoms with Crippen LogP contribution >= 0.6 is 0 Å². The monoisotopic (exact) mass is 263 g/mol. The number of hydrogen-bond donors (Lipinski definition) is 2. The highest BCUT2D eigenvalue weighted by molar-refractivity contribution is 5.90. The topological polar surface area (TPSA) is 49.3 Å². The van der Waals surface area contributed by atoms with E-state index in [1.165, 1.54) is 19.3 Å². The van der Waals surface area contributed by atoms with Crippen LogP contribution in [0.1, 0.15) is 64.0 Å². The summed E-state index contributed by atoms with van der Waals surface area (Å²) in [6, 6.07) is 7.37. The number of rotatable bonds is 8. The number of benzene rings is 1. The second kappa shape index (κ2) is 8.70. The van der Waals surface area contributed by atoms with Crippen molar-refractivity contribution in [3.8, 4) is 0 Å². The Balaban J connectivity index is 2.33. The fourth-order valence-electron chi connectivity index (χ4n) is 1.99. The molecule has 1 aromatic rings. The van der Waals surface area contributed by atoms with E-state index in [-0.39, 0.29) is 5.91 Å². The molecule has 3 nitrogen and oxygen atoms in total. The molecule has 1 unspecified atom stereocenters. The van der Waals surface area contributed by atoms with Crippen LogP contribution in [0.3, 0.4) is 0 Å². The van der Waals surface area contributed by atoms with E-state index in [2.05, 4.69) is 12.2 Å². The predicted molar refractivity (Wildman–Crippen MR) is 79.1 cm³/mol. The Morgan fingerprint density at radius 1 is 1.26 bits per heavy atom. The Morgan fingerprint density at radius 3 is 2.68 bits per heavy atom. The van der Waals surface area contributed by atoms with Crippen molar-refractivity contribution < 1.29 is 9.90 Å². The fraction of sp³-hybridized carbons (Fsp3) is 0.562. The van der Waals surface area contributed by atoms with E-state index < -0.39 is 6.10 Å². The van der Waals surface area contributed by atoms with Crippen molar-refractivity contribution in [2.45, 2.75) is 58.5 Å². The Labute approximate surface area is 116 Å². The molecule has 0 bridgehead atoms. The standard InChI is InChI=1S/C16H25NO2/c1-3-4-5-6-7-11-16(19)17-15-10-8-9-14(12-15)13(2)18/h8-10,12-13,18H,3-7,11H2,1-2H3,(H,17,19). The zero-order chi connectivity index (χ0) is 14.1. The molecular weight excluding hydrogens is 238 g/mol. The van der Waals surface area contributed by atoms with Gasteiger partial charge in [-0.2, -0.15) is 0 Å². The smallest absolute Gasteiger partial charge is 0.224 e. The van der Waals surface area contributed by atoms with Crippen molar-refractivity contribution in [1.82, 2.24) is 0 Å². The molecule has 2 N–H and O–H groups in total. The summed E-state index contributed by atoms with van der Waals surface area (Å²) in [5, 5.41) is 12.4. The van der Waals surface area contributed by atoms with Crippen LogP contribution in [0.25, 0.3) is 0 Å². The third-order valence-electron chi connectivity index (χ3n) is 3.16. The number of amides is 1. The molecule has 0 radical (unpaired) electrons. The molecule has 1 amide bonds. The van der Waals surface area contributed by atoms with Gasteiger partial charge in [0.15, 0.2) is 0 Å². The lowest BCUT2D eigenvalue weighted by atomic mass is 10.1. The highest BCUT2D eigenvalue weighted by atomic mass is 16.3. The lowest BCUT2D eigenvalue weighted by Crippen LogP contribution is -2.11. The molecule has 0 saturated carbocycles. The molecule has 106 valence electrons. The van der Waals surface area contributed by atoms with Crippen LogP contribution in [-0.2, 0) is 4.79 Å². The maximum Gasteiger partial charge on any atom is 0.224 e. The Hall–Kier alpha value is -1.35. The number of aliphatic hydroxyl groups is 1. The molecular formula is C16H25NO2. The first-order valence-corrected chi connectivity index (χ1v) is 7.21. The Kier molecular flexibility index (Phi) is 7.19. The van der Waals surface area contributed by atoms with E-state index >= 15 is 0 Å². The van der Waals surface area contributed by atoms with Crippen molar-refractivity contribution in [3.63, 3.8) is 0 Å². The van der Waals surface area contributed by atoms with Crippen molar-refractivity contribution in [2.24, 2.45) is 0 Å². The summed E-state index contributed by atoms with van der Waals surface area (Å²) in [6.07, 6.45) is 5.81. The fourth-order valence-corrected chi connectivity index (χ4v) is 1.99. The molecule has 0 aliphatic carbocycles. The number of carbonyl (C=O) groups is 1. The summed E-state index contributed by atoms with van der Waals surface area (Å²) in [5.74, 6) is 0.0549. The van der Waals surface area contributed by atoms with Crippen LogP contribution in [0, 0.1) is 0 Å². The van der Waals surface area contributed by atoms with Gasteiger partial charge in [0.05, 0.1) is 6.10 Å². The predicted octanol–water partition coefficient (Wildman–Crippen LogP) is 4.04. The van der Waals surface area contributed by atoms with Crippen molar-refractivity contribution in [1.29, 1.82) is 0 Å². The normalized spacial score (nSPS) is 12.2. The molecule has 0 aromatic heterocycles. The number of hydrogen-bond acceptors (Lipinski definition) is 2. The van der Waals surface area contributed by atoms with Crippen LogP contribution in [-0.4, -0.2) is 11.0 Å². The first-order chi connectivity index (χ1) is 9.13. The van der Waals surface area contributed by atoms with Gasteiger partial charge in [0.25, 0.3) is 0 Å². The van der Waals surface area contributed by atoms with Gasteiger partial charge in [0, 0.05) is 12.1 Å². The summed E-state index contributed by atoms with van der Waals surface area (Å²) in [4.78, 5) is 11.8. The first-order valence-electron chi connectivity index (χ1n) is 7.21. The van der Waals surface area contributed by atoms with E-state index in [4.69, 9.17) is 0 Å². The van der Waals surface area contributed by atoms with E-state index in [0.29, 0.717) is 6.42 Å². The summed E-state index contributed by atoms with van der Waals surface area (Å²) >= 11 is 0. The van der Waals surface area contributed by atoms with Crippen LogP contribution in [0.15, 0.2) is 24.3 Å². The van der Waals surface area contributed by atoms with E-state index in [1.807, 2.05) is 24.3 Å². The zero-order valence-electron chi connectivity index (χ0n) is 12.0. The van der Waals surface area contributed by atoms with E-state index in [9.17, 15) is 9.90 Å². The van der Waals surface area contributed by atoms with E-state index in [0.717, 1.165) is 24.1 Å². The maximum absolute atomic E-state index is 11.8. The third-order valence-corrected chi connectivity index (χ3v) is 3.16. The maximum atomic E-state index is 11.8. The SMILES string of the molecule is CCCCCCCC(=O)Nc1cccc(C(C)O)c1. The highest BCUT2D eigenvalue weighted by Gasteiger charge is 2.05. The van der Waals surface area contributed by atoms with Gasteiger partial charge in [0.2, 0.25) is 5.91 Å². The Bertz CT molecular complexity index is 388. The third kappa shape index (κ3) is 6.39. The van der Waals surface area contributed by atoms with Crippen molar-refractivity contribution in [2.75, 3.05) is 5.32 Å². The summed E-state index contributed by atoms with van der Waals surface area (Å²) in [6.45, 7) is 3.90. The molecule has 3 heteroatoms. The zero-order valence-corrected chi connectivity index (χ0v) is 12.0. The van der Waals surface area contributed by atoms with Crippen LogP contribution in [0.4, 0.5) is 5.69 Å². The minimum atomic E-state index is -0.508. The van der Waals surface area contributed by atoms with Crippen LogP contribution in [0.2, 0.25) is 0 Å². The van der Waals surface area contributed by atoms with Gasteiger partial charge in [0.1, 0.15) is 0 Å². The molecule has 0 spiro atoms.